The Morgan fingerprint density at radius 1 is 1.12 bits per heavy atom. The second-order valence-corrected chi connectivity index (χ2v) is 8.58. The first kappa shape index (κ1) is 15.9. The molecule has 126 valence electrons. The summed E-state index contributed by atoms with van der Waals surface area (Å²) < 4.78 is 27.8. The van der Waals surface area contributed by atoms with Gasteiger partial charge in [-0.25, -0.2) is 8.42 Å². The molecular formula is C17H17ClN2O3S. The zero-order valence-corrected chi connectivity index (χ0v) is 14.8. The molecule has 1 fully saturated rings. The van der Waals surface area contributed by atoms with Gasteiger partial charge in [0.1, 0.15) is 0 Å². The highest BCUT2D eigenvalue weighted by molar-refractivity contribution is 7.89. The van der Waals surface area contributed by atoms with Crippen LogP contribution in [0.25, 0.3) is 10.8 Å². The highest BCUT2D eigenvalue weighted by Gasteiger charge is 2.34. The summed E-state index contributed by atoms with van der Waals surface area (Å²) in [5, 5.41) is 1.49. The van der Waals surface area contributed by atoms with Crippen molar-refractivity contribution in [3.8, 4) is 0 Å². The van der Waals surface area contributed by atoms with Crippen molar-refractivity contribution in [3.05, 3.63) is 34.9 Å². The monoisotopic (exact) mass is 364 g/mol. The molecule has 0 N–H and O–H groups in total. The van der Waals surface area contributed by atoms with Gasteiger partial charge in [0.15, 0.2) is 0 Å². The third-order valence-corrected chi connectivity index (χ3v) is 7.08. The Balaban J connectivity index is 2.00. The number of sulfonamides is 1. The SMILES string of the molecule is CN1C(=O)c2cccc3c(S(=O)(=O)N4CCCCC4)cc(Cl)c1c23. The molecule has 0 atom stereocenters. The fourth-order valence-corrected chi connectivity index (χ4v) is 5.77. The van der Waals surface area contributed by atoms with Crippen LogP contribution in [0.1, 0.15) is 29.6 Å². The van der Waals surface area contributed by atoms with Gasteiger partial charge in [0.05, 0.1) is 15.6 Å². The van der Waals surface area contributed by atoms with E-state index in [0.717, 1.165) is 19.3 Å². The smallest absolute Gasteiger partial charge is 0.258 e. The highest BCUT2D eigenvalue weighted by atomic mass is 35.5. The summed E-state index contributed by atoms with van der Waals surface area (Å²) in [5.41, 5.74) is 1.09. The van der Waals surface area contributed by atoms with Crippen LogP contribution in [0.3, 0.4) is 0 Å². The molecule has 24 heavy (non-hydrogen) atoms. The first-order chi connectivity index (χ1) is 11.4. The molecule has 4 rings (SSSR count). The summed E-state index contributed by atoms with van der Waals surface area (Å²) in [6, 6.07) is 6.68. The van der Waals surface area contributed by atoms with E-state index in [4.69, 9.17) is 11.6 Å². The van der Waals surface area contributed by atoms with Crippen molar-refractivity contribution in [2.45, 2.75) is 24.2 Å². The first-order valence-corrected chi connectivity index (χ1v) is 9.78. The lowest BCUT2D eigenvalue weighted by Crippen LogP contribution is -2.35. The molecule has 2 aromatic rings. The van der Waals surface area contributed by atoms with Crippen molar-refractivity contribution >= 4 is 44.0 Å². The summed E-state index contributed by atoms with van der Waals surface area (Å²) in [6.07, 6.45) is 2.79. The topological polar surface area (TPSA) is 57.7 Å². The second-order valence-electron chi connectivity index (χ2n) is 6.26. The molecule has 0 aromatic heterocycles. The van der Waals surface area contributed by atoms with Crippen LogP contribution >= 0.6 is 11.6 Å². The molecule has 0 spiro atoms. The van der Waals surface area contributed by atoms with E-state index in [0.29, 0.717) is 40.1 Å². The van der Waals surface area contributed by atoms with Gasteiger partial charge in [-0.15, -0.1) is 0 Å². The number of amides is 1. The molecule has 1 amide bonds. The van der Waals surface area contributed by atoms with Gasteiger partial charge in [0.25, 0.3) is 5.91 Å². The lowest BCUT2D eigenvalue weighted by atomic mass is 10.1. The van der Waals surface area contributed by atoms with Gasteiger partial charge in [0.2, 0.25) is 10.0 Å². The summed E-state index contributed by atoms with van der Waals surface area (Å²) in [7, 11) is -1.98. The van der Waals surface area contributed by atoms with Gasteiger partial charge in [0, 0.05) is 36.5 Å². The van der Waals surface area contributed by atoms with Crippen LogP contribution in [-0.4, -0.2) is 38.8 Å². The third kappa shape index (κ3) is 2.10. The second kappa shape index (κ2) is 5.44. The maximum absolute atomic E-state index is 13.1. The van der Waals surface area contributed by atoms with E-state index in [1.807, 2.05) is 0 Å². The quantitative estimate of drug-likeness (QED) is 0.821. The van der Waals surface area contributed by atoms with Crippen molar-refractivity contribution in [3.63, 3.8) is 0 Å². The molecular weight excluding hydrogens is 348 g/mol. The van der Waals surface area contributed by atoms with E-state index in [2.05, 4.69) is 0 Å². The number of benzene rings is 2. The number of carbonyl (C=O) groups excluding carboxylic acids is 1. The summed E-state index contributed by atoms with van der Waals surface area (Å²) in [4.78, 5) is 14.1. The molecule has 1 saturated heterocycles. The van der Waals surface area contributed by atoms with Crippen molar-refractivity contribution in [1.29, 1.82) is 0 Å². The minimum absolute atomic E-state index is 0.162. The Morgan fingerprint density at radius 3 is 2.54 bits per heavy atom. The zero-order chi connectivity index (χ0) is 17.1. The lowest BCUT2D eigenvalue weighted by Gasteiger charge is -2.26. The van der Waals surface area contributed by atoms with E-state index >= 15 is 0 Å². The molecule has 2 heterocycles. The van der Waals surface area contributed by atoms with Crippen LogP contribution in [0, 0.1) is 0 Å². The van der Waals surface area contributed by atoms with Crippen LogP contribution < -0.4 is 4.90 Å². The van der Waals surface area contributed by atoms with Crippen LogP contribution in [-0.2, 0) is 10.0 Å². The third-order valence-electron chi connectivity index (χ3n) is 4.85. The van der Waals surface area contributed by atoms with Crippen LogP contribution in [0.5, 0.6) is 0 Å². The number of carbonyl (C=O) groups is 1. The molecule has 2 aliphatic heterocycles. The van der Waals surface area contributed by atoms with E-state index in [-0.39, 0.29) is 10.8 Å². The van der Waals surface area contributed by atoms with Gasteiger partial charge < -0.3 is 4.90 Å². The summed E-state index contributed by atoms with van der Waals surface area (Å²) in [6.45, 7) is 1.06. The Kier molecular flexibility index (Phi) is 3.60. The summed E-state index contributed by atoms with van der Waals surface area (Å²) >= 11 is 6.37. The first-order valence-electron chi connectivity index (χ1n) is 7.96. The standard InChI is InChI=1S/C17H17ClN2O3S/c1-19-16-13(18)10-14(24(22,23)20-8-3-2-4-9-20)11-6-5-7-12(15(11)16)17(19)21/h5-7,10H,2-4,8-9H2,1H3. The predicted molar refractivity (Wildman–Crippen MR) is 94.3 cm³/mol. The average molecular weight is 365 g/mol. The number of piperidine rings is 1. The van der Waals surface area contributed by atoms with Crippen molar-refractivity contribution in [2.75, 3.05) is 25.0 Å². The minimum Gasteiger partial charge on any atom is -0.309 e. The van der Waals surface area contributed by atoms with E-state index in [1.165, 1.54) is 15.3 Å². The van der Waals surface area contributed by atoms with Gasteiger partial charge in [-0.3, -0.25) is 4.79 Å². The number of hydrogen-bond donors (Lipinski definition) is 0. The predicted octanol–water partition coefficient (Wildman–Crippen LogP) is 3.26. The number of halogens is 1. The molecule has 7 heteroatoms. The number of hydrogen-bond acceptors (Lipinski definition) is 3. The van der Waals surface area contributed by atoms with Crippen LogP contribution in [0.4, 0.5) is 5.69 Å². The fourth-order valence-electron chi connectivity index (χ4n) is 3.64. The average Bonchev–Trinajstić information content (AvgIpc) is 2.85. The number of rotatable bonds is 2. The van der Waals surface area contributed by atoms with E-state index in [9.17, 15) is 13.2 Å². The molecule has 0 bridgehead atoms. The molecule has 0 aliphatic carbocycles. The number of anilines is 1. The molecule has 0 unspecified atom stereocenters. The molecule has 5 nitrogen and oxygen atoms in total. The largest absolute Gasteiger partial charge is 0.309 e. The molecule has 2 aliphatic rings. The van der Waals surface area contributed by atoms with Crippen molar-refractivity contribution < 1.29 is 13.2 Å². The Hall–Kier alpha value is -1.63. The maximum Gasteiger partial charge on any atom is 0.258 e. The Labute approximate surface area is 145 Å². The van der Waals surface area contributed by atoms with Crippen LogP contribution in [0.15, 0.2) is 29.2 Å². The normalized spacial score (nSPS) is 18.6. The Morgan fingerprint density at radius 2 is 1.83 bits per heavy atom. The van der Waals surface area contributed by atoms with Crippen molar-refractivity contribution in [2.24, 2.45) is 0 Å². The Bertz CT molecular complexity index is 965. The lowest BCUT2D eigenvalue weighted by molar-refractivity contribution is 0.0999. The van der Waals surface area contributed by atoms with Gasteiger partial charge in [-0.1, -0.05) is 30.2 Å². The summed E-state index contributed by atoms with van der Waals surface area (Å²) in [5.74, 6) is -0.162. The number of nitrogens with zero attached hydrogens (tertiary/aromatic N) is 2. The van der Waals surface area contributed by atoms with Gasteiger partial charge in [-0.05, 0) is 25.0 Å². The van der Waals surface area contributed by atoms with Gasteiger partial charge >= 0.3 is 0 Å². The maximum atomic E-state index is 13.1. The highest BCUT2D eigenvalue weighted by Crippen LogP contribution is 2.44. The molecule has 0 saturated carbocycles. The fraction of sp³-hybridized carbons (Fsp3) is 0.353. The van der Waals surface area contributed by atoms with Gasteiger partial charge in [-0.2, -0.15) is 4.31 Å². The zero-order valence-electron chi connectivity index (χ0n) is 13.3. The molecule has 0 radical (unpaired) electrons. The van der Waals surface area contributed by atoms with E-state index in [1.54, 1.807) is 25.2 Å². The minimum atomic E-state index is -3.63. The van der Waals surface area contributed by atoms with Crippen molar-refractivity contribution in [1.82, 2.24) is 4.31 Å². The molecule has 2 aromatic carbocycles. The van der Waals surface area contributed by atoms with Crippen LogP contribution in [0.2, 0.25) is 5.02 Å². The van der Waals surface area contributed by atoms with E-state index < -0.39 is 10.0 Å².